The van der Waals surface area contributed by atoms with Crippen molar-refractivity contribution in [3.63, 3.8) is 0 Å². The van der Waals surface area contributed by atoms with Crippen LogP contribution < -0.4 is 5.32 Å². The van der Waals surface area contributed by atoms with Gasteiger partial charge in [0.1, 0.15) is 6.54 Å². The summed E-state index contributed by atoms with van der Waals surface area (Å²) in [4.78, 5) is 27.3. The first kappa shape index (κ1) is 22.3. The minimum Gasteiger partial charge on any atom is -0.480 e. The van der Waals surface area contributed by atoms with Crippen LogP contribution in [0.3, 0.4) is 0 Å². The molecule has 7 heteroatoms. The zero-order valence-corrected chi connectivity index (χ0v) is 18.9. The van der Waals surface area contributed by atoms with Gasteiger partial charge in [0.15, 0.2) is 6.61 Å². The summed E-state index contributed by atoms with van der Waals surface area (Å²) in [6.07, 6.45) is 10.6. The number of carbonyl (C=O) groups is 2. The van der Waals surface area contributed by atoms with Gasteiger partial charge in [-0.05, 0) is 93.0 Å². The van der Waals surface area contributed by atoms with E-state index in [9.17, 15) is 14.7 Å². The fourth-order valence-corrected chi connectivity index (χ4v) is 7.29. The van der Waals surface area contributed by atoms with Gasteiger partial charge in [0, 0.05) is 0 Å². The molecular formula is C24H36N2O5. The first-order chi connectivity index (χ1) is 14.6. The topological polar surface area (TPSA) is 108 Å². The molecule has 7 nitrogen and oxygen atoms in total. The summed E-state index contributed by atoms with van der Waals surface area (Å²) >= 11 is 0. The molecule has 0 saturated heterocycles. The SMILES string of the molecule is C[C@]12CC/C(=N/OCC(=O)NCC(=O)O)C=C1CC[C@@H]1[C@@H]2CC[C@@]2(C)[C@H]1CC[C@]2(C)O. The fraction of sp³-hybridized carbons (Fsp3) is 0.792. The molecule has 0 radical (unpaired) electrons. The molecule has 3 fully saturated rings. The molecule has 3 saturated carbocycles. The molecule has 0 aromatic heterocycles. The van der Waals surface area contributed by atoms with E-state index in [1.165, 1.54) is 18.4 Å². The second-order valence-electron chi connectivity index (χ2n) is 10.8. The summed E-state index contributed by atoms with van der Waals surface area (Å²) in [7, 11) is 0. The van der Waals surface area contributed by atoms with Gasteiger partial charge in [-0.1, -0.05) is 24.6 Å². The third-order valence-electron chi connectivity index (χ3n) is 9.35. The van der Waals surface area contributed by atoms with E-state index in [0.717, 1.165) is 44.2 Å². The standard InChI is InChI=1S/C24H36N2O5/c1-22-9-6-16(26-31-14-20(27)25-13-21(28)29)12-15(22)4-5-17-18(22)7-10-23(2)19(17)8-11-24(23,3)30/h12,17-19,30H,4-11,13-14H2,1-3H3,(H,25,27)(H,28,29)/b26-16-/t17-,18+,19+,22+,23+,24+/m1/s1. The lowest BCUT2D eigenvalue weighted by Crippen LogP contribution is -2.53. The Morgan fingerprint density at radius 3 is 2.61 bits per heavy atom. The number of nitrogens with zero attached hydrogens (tertiary/aromatic N) is 1. The maximum absolute atomic E-state index is 11.6. The number of aliphatic carboxylic acids is 1. The number of oxime groups is 1. The molecule has 0 spiro atoms. The predicted octanol–water partition coefficient (Wildman–Crippen LogP) is 3.27. The molecule has 172 valence electrons. The van der Waals surface area contributed by atoms with Crippen molar-refractivity contribution in [2.75, 3.05) is 13.2 Å². The van der Waals surface area contributed by atoms with Gasteiger partial charge in [0.05, 0.1) is 11.3 Å². The second kappa shape index (κ2) is 7.91. The lowest BCUT2D eigenvalue weighted by molar-refractivity contribution is -0.138. The number of carboxylic acid groups (broad SMARTS) is 1. The van der Waals surface area contributed by atoms with E-state index in [1.54, 1.807) is 0 Å². The molecular weight excluding hydrogens is 396 g/mol. The Labute approximate surface area is 184 Å². The zero-order chi connectivity index (χ0) is 22.4. The number of carbonyl (C=O) groups excluding carboxylic acids is 1. The van der Waals surface area contributed by atoms with Gasteiger partial charge in [0.2, 0.25) is 0 Å². The molecule has 4 aliphatic rings. The third-order valence-corrected chi connectivity index (χ3v) is 9.35. The molecule has 6 atom stereocenters. The van der Waals surface area contributed by atoms with Crippen molar-refractivity contribution in [3.05, 3.63) is 11.6 Å². The van der Waals surface area contributed by atoms with Crippen LogP contribution in [-0.4, -0.2) is 46.6 Å². The van der Waals surface area contributed by atoms with Gasteiger partial charge in [0.25, 0.3) is 5.91 Å². The highest BCUT2D eigenvalue weighted by Crippen LogP contribution is 2.67. The largest absolute Gasteiger partial charge is 0.480 e. The number of rotatable bonds is 5. The predicted molar refractivity (Wildman–Crippen MR) is 116 cm³/mol. The maximum Gasteiger partial charge on any atom is 0.322 e. The highest BCUT2D eigenvalue weighted by molar-refractivity contribution is 5.96. The van der Waals surface area contributed by atoms with E-state index in [1.807, 2.05) is 0 Å². The molecule has 0 aliphatic heterocycles. The summed E-state index contributed by atoms with van der Waals surface area (Å²) in [5.74, 6) is 0.377. The first-order valence-corrected chi connectivity index (χ1v) is 11.7. The molecule has 0 aromatic carbocycles. The Morgan fingerprint density at radius 2 is 1.87 bits per heavy atom. The van der Waals surface area contributed by atoms with Crippen molar-refractivity contribution in [1.29, 1.82) is 0 Å². The number of aliphatic hydroxyl groups is 1. The molecule has 3 N–H and O–H groups in total. The number of hydrogen-bond donors (Lipinski definition) is 3. The minimum absolute atomic E-state index is 0.0437. The number of nitrogens with one attached hydrogen (secondary N) is 1. The molecule has 4 rings (SSSR count). The van der Waals surface area contributed by atoms with Crippen LogP contribution in [0, 0.1) is 28.6 Å². The number of allylic oxidation sites excluding steroid dienone is 2. The quantitative estimate of drug-likeness (QED) is 0.578. The third kappa shape index (κ3) is 3.79. The molecule has 0 aromatic rings. The van der Waals surface area contributed by atoms with Gasteiger partial charge < -0.3 is 20.4 Å². The van der Waals surface area contributed by atoms with E-state index in [2.05, 4.69) is 37.3 Å². The normalized spacial score (nSPS) is 42.8. The summed E-state index contributed by atoms with van der Waals surface area (Å²) in [5.41, 5.74) is 1.99. The van der Waals surface area contributed by atoms with Crippen LogP contribution >= 0.6 is 0 Å². The maximum atomic E-state index is 11.6. The average Bonchev–Trinajstić information content (AvgIpc) is 2.96. The van der Waals surface area contributed by atoms with Crippen molar-refractivity contribution in [2.24, 2.45) is 33.7 Å². The van der Waals surface area contributed by atoms with Crippen molar-refractivity contribution in [2.45, 2.75) is 77.7 Å². The van der Waals surface area contributed by atoms with E-state index in [4.69, 9.17) is 9.94 Å². The molecule has 31 heavy (non-hydrogen) atoms. The molecule has 0 heterocycles. The smallest absolute Gasteiger partial charge is 0.322 e. The summed E-state index contributed by atoms with van der Waals surface area (Å²) in [5, 5.41) is 26.1. The number of hydrogen-bond acceptors (Lipinski definition) is 5. The number of fused-ring (bicyclic) bond motifs is 5. The number of carboxylic acids is 1. The minimum atomic E-state index is -1.09. The van der Waals surface area contributed by atoms with Crippen LogP contribution in [0.5, 0.6) is 0 Å². The van der Waals surface area contributed by atoms with Crippen molar-refractivity contribution in [3.8, 4) is 0 Å². The summed E-state index contributed by atoms with van der Waals surface area (Å²) in [6.45, 7) is 6.10. The summed E-state index contributed by atoms with van der Waals surface area (Å²) in [6, 6.07) is 0. The Kier molecular flexibility index (Phi) is 5.69. The van der Waals surface area contributed by atoms with Crippen molar-refractivity contribution in [1.82, 2.24) is 5.32 Å². The van der Waals surface area contributed by atoms with Crippen LogP contribution in [-0.2, 0) is 14.4 Å². The van der Waals surface area contributed by atoms with Crippen molar-refractivity contribution < 1.29 is 24.6 Å². The first-order valence-electron chi connectivity index (χ1n) is 11.7. The number of amides is 1. The van der Waals surface area contributed by atoms with E-state index in [-0.39, 0.29) is 17.4 Å². The van der Waals surface area contributed by atoms with Crippen LogP contribution in [0.1, 0.15) is 72.1 Å². The van der Waals surface area contributed by atoms with Crippen LogP contribution in [0.25, 0.3) is 0 Å². The molecule has 1 amide bonds. The van der Waals surface area contributed by atoms with E-state index < -0.39 is 24.0 Å². The Bertz CT molecular complexity index is 819. The van der Waals surface area contributed by atoms with Crippen LogP contribution in [0.2, 0.25) is 0 Å². The van der Waals surface area contributed by atoms with E-state index in [0.29, 0.717) is 17.8 Å². The highest BCUT2D eigenvalue weighted by atomic mass is 16.6. The summed E-state index contributed by atoms with van der Waals surface area (Å²) < 4.78 is 0. The Balaban J connectivity index is 1.43. The molecule has 4 aliphatic carbocycles. The fourth-order valence-electron chi connectivity index (χ4n) is 7.29. The second-order valence-corrected chi connectivity index (χ2v) is 10.8. The lowest BCUT2D eigenvalue weighted by Gasteiger charge is -2.59. The Hall–Kier alpha value is -1.89. The molecule has 0 bridgehead atoms. The van der Waals surface area contributed by atoms with Gasteiger partial charge in [-0.2, -0.15) is 0 Å². The van der Waals surface area contributed by atoms with Gasteiger partial charge in [-0.3, -0.25) is 9.59 Å². The average molecular weight is 433 g/mol. The van der Waals surface area contributed by atoms with E-state index >= 15 is 0 Å². The highest BCUT2D eigenvalue weighted by Gasteiger charge is 2.62. The van der Waals surface area contributed by atoms with Gasteiger partial charge >= 0.3 is 5.97 Å². The van der Waals surface area contributed by atoms with Crippen molar-refractivity contribution >= 4 is 17.6 Å². The van der Waals surface area contributed by atoms with Gasteiger partial charge in [-0.15, -0.1) is 0 Å². The van der Waals surface area contributed by atoms with Crippen LogP contribution in [0.15, 0.2) is 16.8 Å². The zero-order valence-electron chi connectivity index (χ0n) is 18.9. The monoisotopic (exact) mass is 432 g/mol. The van der Waals surface area contributed by atoms with Gasteiger partial charge in [-0.25, -0.2) is 0 Å². The Morgan fingerprint density at radius 1 is 1.13 bits per heavy atom. The molecule has 0 unspecified atom stereocenters. The van der Waals surface area contributed by atoms with Crippen LogP contribution in [0.4, 0.5) is 0 Å². The lowest BCUT2D eigenvalue weighted by atomic mass is 9.46.